The van der Waals surface area contributed by atoms with Crippen molar-refractivity contribution in [2.24, 2.45) is 12.8 Å². The van der Waals surface area contributed by atoms with E-state index in [1.54, 1.807) is 17.1 Å². The van der Waals surface area contributed by atoms with Crippen LogP contribution in [0.4, 0.5) is 0 Å². The molecule has 2 N–H and O–H groups in total. The van der Waals surface area contributed by atoms with Crippen LogP contribution in [0.25, 0.3) is 10.9 Å². The molecule has 0 aliphatic rings. The van der Waals surface area contributed by atoms with E-state index in [1.165, 1.54) is 0 Å². The summed E-state index contributed by atoms with van der Waals surface area (Å²) in [6.45, 7) is 0. The van der Waals surface area contributed by atoms with E-state index in [0.29, 0.717) is 17.2 Å². The third-order valence-corrected chi connectivity index (χ3v) is 3.07. The normalized spacial score (nSPS) is 10.7. The molecule has 0 aliphatic heterocycles. The average Bonchev–Trinajstić information content (AvgIpc) is 2.83. The summed E-state index contributed by atoms with van der Waals surface area (Å²) in [6, 6.07) is 9.61. The van der Waals surface area contributed by atoms with Gasteiger partial charge in [-0.05, 0) is 12.1 Å². The van der Waals surface area contributed by atoms with E-state index in [0.717, 1.165) is 10.9 Å². The Hall–Kier alpha value is -2.47. The van der Waals surface area contributed by atoms with Gasteiger partial charge in [0.05, 0.1) is 23.5 Å². The number of nitrogens with zero attached hydrogens (tertiary/aromatic N) is 3. The van der Waals surface area contributed by atoms with Crippen LogP contribution in [-0.2, 0) is 7.05 Å². The summed E-state index contributed by atoms with van der Waals surface area (Å²) in [7, 11) is 1.81. The molecule has 3 aromatic rings. The number of rotatable bonds is 3. The molecule has 6 heteroatoms. The molecule has 2 heterocycles. The Bertz CT molecular complexity index is 797. The van der Waals surface area contributed by atoms with Crippen molar-refractivity contribution in [2.75, 3.05) is 0 Å². The van der Waals surface area contributed by atoms with Crippen LogP contribution in [-0.4, -0.2) is 19.8 Å². The number of ether oxygens (including phenoxy) is 1. The maximum absolute atomic E-state index is 5.76. The van der Waals surface area contributed by atoms with Gasteiger partial charge in [0.15, 0.2) is 5.75 Å². The number of aryl methyl sites for hydroxylation is 1. The van der Waals surface area contributed by atoms with Gasteiger partial charge in [-0.15, -0.1) is 0 Å². The number of para-hydroxylation sites is 1. The van der Waals surface area contributed by atoms with Gasteiger partial charge >= 0.3 is 0 Å². The zero-order valence-corrected chi connectivity index (χ0v) is 11.6. The molecule has 0 amide bonds. The van der Waals surface area contributed by atoms with Gasteiger partial charge in [-0.1, -0.05) is 30.4 Å². The first-order valence-electron chi connectivity index (χ1n) is 5.99. The van der Waals surface area contributed by atoms with Crippen LogP contribution in [0.2, 0.25) is 0 Å². The molecule has 0 bridgehead atoms. The monoisotopic (exact) mass is 284 g/mol. The topological polar surface area (TPSA) is 66.0 Å². The Kier molecular flexibility index (Phi) is 3.08. The summed E-state index contributed by atoms with van der Waals surface area (Å²) in [5.41, 5.74) is 7.19. The molecule has 0 aliphatic carbocycles. The van der Waals surface area contributed by atoms with Gasteiger partial charge in [-0.25, -0.2) is 4.98 Å². The third-order valence-electron chi connectivity index (χ3n) is 2.85. The molecule has 100 valence electrons. The van der Waals surface area contributed by atoms with Crippen LogP contribution in [0.3, 0.4) is 0 Å². The second kappa shape index (κ2) is 4.90. The maximum Gasteiger partial charge on any atom is 0.230 e. The van der Waals surface area contributed by atoms with Gasteiger partial charge in [-0.2, -0.15) is 5.10 Å². The van der Waals surface area contributed by atoms with Crippen LogP contribution in [0.5, 0.6) is 11.6 Å². The Morgan fingerprint density at radius 2 is 2.15 bits per heavy atom. The molecule has 0 atom stereocenters. The summed E-state index contributed by atoms with van der Waals surface area (Å²) < 4.78 is 7.39. The van der Waals surface area contributed by atoms with E-state index in [1.807, 2.05) is 37.4 Å². The lowest BCUT2D eigenvalue weighted by Crippen LogP contribution is -2.11. The maximum atomic E-state index is 5.76. The van der Waals surface area contributed by atoms with Crippen LogP contribution in [0.1, 0.15) is 5.56 Å². The number of pyridine rings is 1. The summed E-state index contributed by atoms with van der Waals surface area (Å²) >= 11 is 5.07. The molecule has 0 saturated heterocycles. The van der Waals surface area contributed by atoms with Crippen molar-refractivity contribution >= 4 is 28.1 Å². The van der Waals surface area contributed by atoms with Crippen molar-refractivity contribution in [3.05, 3.63) is 48.3 Å². The molecule has 0 unspecified atom stereocenters. The molecule has 2 aromatic heterocycles. The summed E-state index contributed by atoms with van der Waals surface area (Å²) in [5.74, 6) is 0.983. The van der Waals surface area contributed by atoms with E-state index in [9.17, 15) is 0 Å². The van der Waals surface area contributed by atoms with E-state index in [4.69, 9.17) is 22.7 Å². The van der Waals surface area contributed by atoms with Crippen LogP contribution in [0, 0.1) is 0 Å². The van der Waals surface area contributed by atoms with Crippen molar-refractivity contribution in [3.63, 3.8) is 0 Å². The fourth-order valence-corrected chi connectivity index (χ4v) is 2.06. The smallest absolute Gasteiger partial charge is 0.230 e. The lowest BCUT2D eigenvalue weighted by Gasteiger charge is -2.09. The van der Waals surface area contributed by atoms with E-state index < -0.39 is 0 Å². The second-order valence-electron chi connectivity index (χ2n) is 4.35. The Morgan fingerprint density at radius 3 is 2.85 bits per heavy atom. The second-order valence-corrected chi connectivity index (χ2v) is 4.79. The quantitative estimate of drug-likeness (QED) is 0.748. The Morgan fingerprint density at radius 1 is 1.35 bits per heavy atom. The SMILES string of the molecule is Cn1cc(Oc2nc3ccccc3cc2C(N)=S)cn1. The fourth-order valence-electron chi connectivity index (χ4n) is 1.92. The highest BCUT2D eigenvalue weighted by molar-refractivity contribution is 7.80. The number of thiocarbonyl (C=S) groups is 1. The minimum atomic E-state index is 0.252. The van der Waals surface area contributed by atoms with Crippen molar-refractivity contribution < 1.29 is 4.74 Å². The number of hydrogen-bond donors (Lipinski definition) is 1. The zero-order valence-electron chi connectivity index (χ0n) is 10.8. The minimum Gasteiger partial charge on any atom is -0.435 e. The first-order chi connectivity index (χ1) is 9.63. The van der Waals surface area contributed by atoms with Gasteiger partial charge in [0.25, 0.3) is 0 Å². The van der Waals surface area contributed by atoms with Crippen LogP contribution >= 0.6 is 12.2 Å². The first kappa shape index (κ1) is 12.6. The molecule has 0 spiro atoms. The molecule has 0 radical (unpaired) electrons. The highest BCUT2D eigenvalue weighted by atomic mass is 32.1. The van der Waals surface area contributed by atoms with Gasteiger partial charge in [-0.3, -0.25) is 4.68 Å². The number of fused-ring (bicyclic) bond motifs is 1. The highest BCUT2D eigenvalue weighted by Crippen LogP contribution is 2.26. The standard InChI is InChI=1S/C14H12N4OS/c1-18-8-10(7-16-18)19-14-11(13(15)20)6-9-4-2-3-5-12(9)17-14/h2-8H,1H3,(H2,15,20). The molecule has 0 saturated carbocycles. The van der Waals surface area contributed by atoms with Gasteiger partial charge in [0.2, 0.25) is 5.88 Å². The first-order valence-corrected chi connectivity index (χ1v) is 6.40. The lowest BCUT2D eigenvalue weighted by atomic mass is 10.1. The molecular formula is C14H12N4OS. The van der Waals surface area contributed by atoms with Crippen LogP contribution in [0.15, 0.2) is 42.7 Å². The third kappa shape index (κ3) is 2.33. The number of aromatic nitrogens is 3. The minimum absolute atomic E-state index is 0.252. The van der Waals surface area contributed by atoms with E-state index in [-0.39, 0.29) is 4.99 Å². The molecular weight excluding hydrogens is 272 g/mol. The van der Waals surface area contributed by atoms with Crippen molar-refractivity contribution in [1.82, 2.24) is 14.8 Å². The van der Waals surface area contributed by atoms with Crippen LogP contribution < -0.4 is 10.5 Å². The largest absolute Gasteiger partial charge is 0.435 e. The summed E-state index contributed by atoms with van der Waals surface area (Å²) in [5, 5.41) is 5.02. The van der Waals surface area contributed by atoms with Gasteiger partial charge < -0.3 is 10.5 Å². The summed E-state index contributed by atoms with van der Waals surface area (Å²) in [6.07, 6.45) is 3.36. The molecule has 1 aromatic carbocycles. The molecule has 5 nitrogen and oxygen atoms in total. The van der Waals surface area contributed by atoms with Crippen molar-refractivity contribution in [3.8, 4) is 11.6 Å². The number of benzene rings is 1. The average molecular weight is 284 g/mol. The van der Waals surface area contributed by atoms with E-state index in [2.05, 4.69) is 10.1 Å². The fraction of sp³-hybridized carbons (Fsp3) is 0.0714. The number of nitrogens with two attached hydrogens (primary N) is 1. The zero-order chi connectivity index (χ0) is 14.1. The van der Waals surface area contributed by atoms with Crippen molar-refractivity contribution in [2.45, 2.75) is 0 Å². The lowest BCUT2D eigenvalue weighted by molar-refractivity contribution is 0.463. The Balaban J connectivity index is 2.11. The molecule has 0 fully saturated rings. The highest BCUT2D eigenvalue weighted by Gasteiger charge is 2.12. The van der Waals surface area contributed by atoms with E-state index >= 15 is 0 Å². The summed E-state index contributed by atoms with van der Waals surface area (Å²) in [4.78, 5) is 4.73. The van der Waals surface area contributed by atoms with Gasteiger partial charge in [0, 0.05) is 12.4 Å². The Labute approximate surface area is 121 Å². The number of hydrogen-bond acceptors (Lipinski definition) is 4. The molecule has 20 heavy (non-hydrogen) atoms. The predicted octanol–water partition coefficient (Wildman–Crippen LogP) is 2.39. The van der Waals surface area contributed by atoms with Crippen molar-refractivity contribution in [1.29, 1.82) is 0 Å². The molecule has 3 rings (SSSR count). The van der Waals surface area contributed by atoms with Gasteiger partial charge in [0.1, 0.15) is 4.99 Å². The predicted molar refractivity (Wildman–Crippen MR) is 80.9 cm³/mol.